The first-order chi connectivity index (χ1) is 12.7. The molecule has 2 aromatic rings. The van der Waals surface area contributed by atoms with Gasteiger partial charge in [-0.2, -0.15) is 0 Å². The summed E-state index contributed by atoms with van der Waals surface area (Å²) < 4.78 is 7.91. The van der Waals surface area contributed by atoms with Gasteiger partial charge in [-0.1, -0.05) is 43.3 Å². The Morgan fingerprint density at radius 3 is 2.50 bits per heavy atom. The number of aryl methyl sites for hydroxylation is 1. The molecule has 1 saturated carbocycles. The van der Waals surface area contributed by atoms with E-state index in [1.165, 1.54) is 5.56 Å². The number of hydrogen-bond donors (Lipinski definition) is 1. The average molecular weight is 354 g/mol. The molecule has 4 nitrogen and oxygen atoms in total. The van der Waals surface area contributed by atoms with Gasteiger partial charge in [0.2, 0.25) is 0 Å². The van der Waals surface area contributed by atoms with E-state index < -0.39 is 0 Å². The summed E-state index contributed by atoms with van der Waals surface area (Å²) >= 11 is 0. The van der Waals surface area contributed by atoms with E-state index in [4.69, 9.17) is 10.5 Å². The van der Waals surface area contributed by atoms with Gasteiger partial charge in [-0.05, 0) is 49.7 Å². The molecule has 1 atom stereocenters. The Hall–Kier alpha value is -1.91. The topological polar surface area (TPSA) is 57.2 Å². The number of hydrogen-bond acceptors (Lipinski definition) is 3. The standard InChI is InChI=1S/C22H30N2O2/c1-2-17-9-6-14-24(22(17)25)20(15-23)16-26-21-12-10-19(11-13-21)18-7-4-3-5-8-18/h3-9,14,19-21H,2,10-13,15-16,23H2,1H3/t19-,20-,21+/m0/s1. The van der Waals surface area contributed by atoms with Crippen molar-refractivity contribution in [1.29, 1.82) is 0 Å². The number of aromatic nitrogens is 1. The smallest absolute Gasteiger partial charge is 0.254 e. The van der Waals surface area contributed by atoms with Crippen LogP contribution in [-0.2, 0) is 11.2 Å². The van der Waals surface area contributed by atoms with Crippen LogP contribution >= 0.6 is 0 Å². The number of benzene rings is 1. The molecule has 0 spiro atoms. The lowest BCUT2D eigenvalue weighted by Crippen LogP contribution is -2.35. The molecule has 0 amide bonds. The van der Waals surface area contributed by atoms with E-state index in [9.17, 15) is 4.79 Å². The van der Waals surface area contributed by atoms with Crippen LogP contribution in [-0.4, -0.2) is 23.8 Å². The molecule has 1 aromatic heterocycles. The van der Waals surface area contributed by atoms with Crippen molar-refractivity contribution in [2.45, 2.75) is 57.1 Å². The molecule has 1 fully saturated rings. The summed E-state index contributed by atoms with van der Waals surface area (Å²) in [5, 5.41) is 0. The van der Waals surface area contributed by atoms with Gasteiger partial charge in [0.25, 0.3) is 5.56 Å². The van der Waals surface area contributed by atoms with Crippen LogP contribution in [0.25, 0.3) is 0 Å². The van der Waals surface area contributed by atoms with Crippen molar-refractivity contribution in [3.8, 4) is 0 Å². The third-order valence-electron chi connectivity index (χ3n) is 5.57. The van der Waals surface area contributed by atoms with Gasteiger partial charge in [-0.25, -0.2) is 0 Å². The van der Waals surface area contributed by atoms with Crippen LogP contribution in [0.3, 0.4) is 0 Å². The minimum absolute atomic E-state index is 0.0573. The van der Waals surface area contributed by atoms with Crippen molar-refractivity contribution in [3.63, 3.8) is 0 Å². The Bertz CT molecular complexity index is 733. The number of nitrogens with zero attached hydrogens (tertiary/aromatic N) is 1. The Balaban J connectivity index is 1.55. The van der Waals surface area contributed by atoms with Crippen molar-refractivity contribution < 1.29 is 4.74 Å². The second-order valence-electron chi connectivity index (χ2n) is 7.21. The second-order valence-corrected chi connectivity index (χ2v) is 7.21. The van der Waals surface area contributed by atoms with Crippen LogP contribution < -0.4 is 11.3 Å². The fraction of sp³-hybridized carbons (Fsp3) is 0.500. The van der Waals surface area contributed by atoms with Gasteiger partial charge in [0.1, 0.15) is 0 Å². The number of pyridine rings is 1. The highest BCUT2D eigenvalue weighted by molar-refractivity contribution is 5.20. The van der Waals surface area contributed by atoms with Gasteiger partial charge in [0.05, 0.1) is 18.8 Å². The van der Waals surface area contributed by atoms with Crippen LogP contribution in [0.1, 0.15) is 55.7 Å². The maximum atomic E-state index is 12.5. The molecular weight excluding hydrogens is 324 g/mol. The highest BCUT2D eigenvalue weighted by atomic mass is 16.5. The van der Waals surface area contributed by atoms with Gasteiger partial charge in [-0.3, -0.25) is 4.79 Å². The van der Waals surface area contributed by atoms with Gasteiger partial charge in [0.15, 0.2) is 0 Å². The Labute approximate surface area is 156 Å². The summed E-state index contributed by atoms with van der Waals surface area (Å²) in [4.78, 5) is 12.5. The van der Waals surface area contributed by atoms with E-state index in [2.05, 4.69) is 30.3 Å². The van der Waals surface area contributed by atoms with Gasteiger partial charge < -0.3 is 15.0 Å². The lowest BCUT2D eigenvalue weighted by Gasteiger charge is -2.30. The molecule has 0 saturated heterocycles. The zero-order valence-electron chi connectivity index (χ0n) is 15.6. The summed E-state index contributed by atoms with van der Waals surface area (Å²) in [5.74, 6) is 0.644. The molecule has 2 N–H and O–H groups in total. The van der Waals surface area contributed by atoms with Crippen LogP contribution in [0.2, 0.25) is 0 Å². The molecular formula is C22H30N2O2. The lowest BCUT2D eigenvalue weighted by molar-refractivity contribution is 0.00783. The predicted molar refractivity (Wildman–Crippen MR) is 106 cm³/mol. The SMILES string of the molecule is CCc1cccn([C@@H](CN)CO[C@H]2CC[C@@H](c3ccccc3)CC2)c1=O. The first kappa shape index (κ1) is 18.9. The van der Waals surface area contributed by atoms with Crippen molar-refractivity contribution in [2.24, 2.45) is 5.73 Å². The molecule has 4 heteroatoms. The van der Waals surface area contributed by atoms with Crippen LogP contribution in [0.4, 0.5) is 0 Å². The lowest BCUT2D eigenvalue weighted by atomic mass is 9.83. The van der Waals surface area contributed by atoms with Crippen molar-refractivity contribution >= 4 is 0 Å². The van der Waals surface area contributed by atoms with E-state index >= 15 is 0 Å². The van der Waals surface area contributed by atoms with Crippen molar-refractivity contribution in [3.05, 3.63) is 70.1 Å². The van der Waals surface area contributed by atoms with Crippen LogP contribution in [0.15, 0.2) is 53.5 Å². The Morgan fingerprint density at radius 1 is 1.12 bits per heavy atom. The fourth-order valence-electron chi connectivity index (χ4n) is 3.91. The summed E-state index contributed by atoms with van der Waals surface area (Å²) in [6, 6.07) is 14.5. The monoisotopic (exact) mass is 354 g/mol. The minimum Gasteiger partial charge on any atom is -0.376 e. The minimum atomic E-state index is -0.0964. The molecule has 0 radical (unpaired) electrons. The van der Waals surface area contributed by atoms with Gasteiger partial charge >= 0.3 is 0 Å². The van der Waals surface area contributed by atoms with E-state index in [0.29, 0.717) is 19.1 Å². The number of ether oxygens (including phenoxy) is 1. The Morgan fingerprint density at radius 2 is 1.85 bits per heavy atom. The van der Waals surface area contributed by atoms with E-state index in [1.54, 1.807) is 4.57 Å². The Kier molecular flexibility index (Phi) is 6.64. The van der Waals surface area contributed by atoms with E-state index in [0.717, 1.165) is 37.7 Å². The third kappa shape index (κ3) is 4.43. The van der Waals surface area contributed by atoms with Crippen LogP contribution in [0.5, 0.6) is 0 Å². The molecule has 1 aliphatic rings. The van der Waals surface area contributed by atoms with E-state index in [1.807, 2.05) is 25.3 Å². The highest BCUT2D eigenvalue weighted by Gasteiger charge is 2.24. The normalized spacial score (nSPS) is 21.5. The molecule has 0 bridgehead atoms. The quantitative estimate of drug-likeness (QED) is 0.826. The van der Waals surface area contributed by atoms with Crippen molar-refractivity contribution in [1.82, 2.24) is 4.57 Å². The summed E-state index contributed by atoms with van der Waals surface area (Å²) in [6.07, 6.45) is 7.30. The average Bonchev–Trinajstić information content (AvgIpc) is 2.70. The summed E-state index contributed by atoms with van der Waals surface area (Å²) in [5.41, 5.74) is 8.26. The first-order valence-electron chi connectivity index (χ1n) is 9.79. The molecule has 1 aliphatic carbocycles. The summed E-state index contributed by atoms with van der Waals surface area (Å²) in [7, 11) is 0. The zero-order chi connectivity index (χ0) is 18.4. The predicted octanol–water partition coefficient (Wildman–Crippen LogP) is 3.65. The maximum Gasteiger partial charge on any atom is 0.254 e. The third-order valence-corrected chi connectivity index (χ3v) is 5.57. The van der Waals surface area contributed by atoms with Crippen LogP contribution in [0, 0.1) is 0 Å². The first-order valence-corrected chi connectivity index (χ1v) is 9.79. The molecule has 0 aliphatic heterocycles. The summed E-state index contributed by atoms with van der Waals surface area (Å²) in [6.45, 7) is 2.91. The molecule has 1 heterocycles. The number of rotatable bonds is 7. The second kappa shape index (κ2) is 9.15. The molecule has 3 rings (SSSR count). The molecule has 140 valence electrons. The highest BCUT2D eigenvalue weighted by Crippen LogP contribution is 2.34. The van der Waals surface area contributed by atoms with E-state index in [-0.39, 0.29) is 17.7 Å². The maximum absolute atomic E-state index is 12.5. The molecule has 0 unspecified atom stereocenters. The van der Waals surface area contributed by atoms with Gasteiger partial charge in [-0.15, -0.1) is 0 Å². The fourth-order valence-corrected chi connectivity index (χ4v) is 3.91. The van der Waals surface area contributed by atoms with Gasteiger partial charge in [0, 0.05) is 18.3 Å². The largest absolute Gasteiger partial charge is 0.376 e. The number of nitrogens with two attached hydrogens (primary N) is 1. The van der Waals surface area contributed by atoms with Crippen molar-refractivity contribution in [2.75, 3.05) is 13.2 Å². The zero-order valence-corrected chi connectivity index (χ0v) is 15.6. The molecule has 26 heavy (non-hydrogen) atoms. The molecule has 1 aromatic carbocycles.